The second-order valence-electron chi connectivity index (χ2n) is 10.8. The molecule has 6 heteroatoms. The second-order valence-corrected chi connectivity index (χ2v) is 10.8. The number of rotatable bonds is 4. The Hall–Kier alpha value is -1.95. The predicted octanol–water partition coefficient (Wildman–Crippen LogP) is 3.23. The Kier molecular flexibility index (Phi) is 4.80. The van der Waals surface area contributed by atoms with Crippen LogP contribution in [0.2, 0.25) is 0 Å². The molecule has 5 aliphatic rings. The monoisotopic (exact) mass is 442 g/mol. The van der Waals surface area contributed by atoms with E-state index in [4.69, 9.17) is 9.47 Å². The maximum Gasteiger partial charge on any atom is 0.324 e. The topological polar surface area (TPSA) is 89.9 Å². The fourth-order valence-electron chi connectivity index (χ4n) is 8.29. The van der Waals surface area contributed by atoms with Crippen molar-refractivity contribution in [2.75, 3.05) is 13.2 Å². The molecule has 3 saturated carbocycles. The van der Waals surface area contributed by atoms with Crippen LogP contribution in [0.5, 0.6) is 0 Å². The van der Waals surface area contributed by atoms with Gasteiger partial charge in [-0.1, -0.05) is 26.0 Å². The van der Waals surface area contributed by atoms with Gasteiger partial charge in [0.1, 0.15) is 0 Å². The predicted molar refractivity (Wildman–Crippen MR) is 116 cm³/mol. The van der Waals surface area contributed by atoms with Crippen molar-refractivity contribution in [3.8, 4) is 0 Å². The molecule has 174 valence electrons. The van der Waals surface area contributed by atoms with Crippen LogP contribution >= 0.6 is 0 Å². The van der Waals surface area contributed by atoms with E-state index in [1.54, 1.807) is 19.9 Å². The number of fused-ring (bicyclic) bond motifs is 7. The molecule has 0 bridgehead atoms. The van der Waals surface area contributed by atoms with Crippen LogP contribution in [0.25, 0.3) is 0 Å². The van der Waals surface area contributed by atoms with Gasteiger partial charge in [0.05, 0.1) is 25.2 Å². The molecule has 5 aliphatic carbocycles. The number of carbonyl (C=O) groups excluding carboxylic acids is 3. The van der Waals surface area contributed by atoms with Gasteiger partial charge in [0, 0.05) is 11.3 Å². The Balaban J connectivity index is 1.60. The van der Waals surface area contributed by atoms with E-state index in [-0.39, 0.29) is 42.4 Å². The average Bonchev–Trinajstić information content (AvgIpc) is 3.39. The highest BCUT2D eigenvalue weighted by atomic mass is 16.6. The number of ether oxygens (including phenoxy) is 2. The van der Waals surface area contributed by atoms with Crippen molar-refractivity contribution >= 4 is 17.7 Å². The molecule has 8 atom stereocenters. The molecule has 0 amide bonds. The van der Waals surface area contributed by atoms with Crippen LogP contribution < -0.4 is 0 Å². The van der Waals surface area contributed by atoms with E-state index in [2.05, 4.69) is 19.9 Å². The summed E-state index contributed by atoms with van der Waals surface area (Å²) in [6, 6.07) is 0. The zero-order valence-corrected chi connectivity index (χ0v) is 19.4. The first-order chi connectivity index (χ1) is 15.2. The lowest BCUT2D eigenvalue weighted by molar-refractivity contribution is -0.167. The number of aliphatic hydroxyl groups excluding tert-OH is 1. The molecule has 3 fully saturated rings. The van der Waals surface area contributed by atoms with E-state index in [1.165, 1.54) is 0 Å². The summed E-state index contributed by atoms with van der Waals surface area (Å²) in [6.07, 6.45) is 9.25. The third kappa shape index (κ3) is 2.42. The van der Waals surface area contributed by atoms with Gasteiger partial charge in [0.15, 0.2) is 11.2 Å². The number of carbonyl (C=O) groups is 3. The summed E-state index contributed by atoms with van der Waals surface area (Å²) in [6.45, 7) is 8.06. The van der Waals surface area contributed by atoms with Crippen LogP contribution in [0.4, 0.5) is 0 Å². The highest BCUT2D eigenvalue weighted by molar-refractivity contribution is 6.14. The van der Waals surface area contributed by atoms with Gasteiger partial charge in [-0.15, -0.1) is 0 Å². The fourth-order valence-corrected chi connectivity index (χ4v) is 8.29. The molecule has 5 rings (SSSR count). The molecule has 0 saturated heterocycles. The van der Waals surface area contributed by atoms with Gasteiger partial charge in [-0.05, 0) is 74.3 Å². The standard InChI is InChI=1S/C26H34O6/c1-5-31-22(29)26(23(30)32-6-2)20-18(27)13-14-7-8-15-16-9-10-19(28)24(16,3)12-11-17(15)25(14,4)21(20)26/h7-8,13,15-17,19-21,28H,5-6,9-12H2,1-4H3/t15-,16-,17-,19-,20-,21-,24-,25-/m0/s1. The van der Waals surface area contributed by atoms with Crippen LogP contribution in [0.15, 0.2) is 23.8 Å². The molecule has 0 unspecified atom stereocenters. The third-order valence-electron chi connectivity index (χ3n) is 9.86. The van der Waals surface area contributed by atoms with Crippen LogP contribution in [0.1, 0.15) is 53.4 Å². The first kappa shape index (κ1) is 21.9. The molecule has 1 N–H and O–H groups in total. The first-order valence-electron chi connectivity index (χ1n) is 12.2. The van der Waals surface area contributed by atoms with E-state index < -0.39 is 34.6 Å². The molecule has 0 aliphatic heterocycles. The smallest absolute Gasteiger partial charge is 0.324 e. The second kappa shape index (κ2) is 7.02. The van der Waals surface area contributed by atoms with Gasteiger partial charge < -0.3 is 14.6 Å². The lowest BCUT2D eigenvalue weighted by Crippen LogP contribution is -2.51. The van der Waals surface area contributed by atoms with Gasteiger partial charge in [0.25, 0.3) is 0 Å². The minimum atomic E-state index is -1.55. The van der Waals surface area contributed by atoms with Crippen LogP contribution in [0, 0.1) is 45.8 Å². The van der Waals surface area contributed by atoms with Crippen molar-refractivity contribution in [2.45, 2.75) is 59.5 Å². The van der Waals surface area contributed by atoms with Gasteiger partial charge >= 0.3 is 11.9 Å². The van der Waals surface area contributed by atoms with Crippen molar-refractivity contribution < 1.29 is 29.0 Å². The Bertz CT molecular complexity index is 915. The third-order valence-corrected chi connectivity index (χ3v) is 9.86. The Morgan fingerprint density at radius 1 is 1.06 bits per heavy atom. The molecule has 32 heavy (non-hydrogen) atoms. The Labute approximate surface area is 189 Å². The Morgan fingerprint density at radius 2 is 1.72 bits per heavy atom. The van der Waals surface area contributed by atoms with Crippen molar-refractivity contribution in [2.24, 2.45) is 45.8 Å². The average molecular weight is 443 g/mol. The summed E-state index contributed by atoms with van der Waals surface area (Å²) in [7, 11) is 0. The molecular weight excluding hydrogens is 408 g/mol. The number of hydrogen-bond donors (Lipinski definition) is 1. The van der Waals surface area contributed by atoms with Crippen molar-refractivity contribution in [3.05, 3.63) is 23.8 Å². The van der Waals surface area contributed by atoms with Crippen molar-refractivity contribution in [1.29, 1.82) is 0 Å². The van der Waals surface area contributed by atoms with Gasteiger partial charge in [0.2, 0.25) is 0 Å². The molecule has 0 heterocycles. The summed E-state index contributed by atoms with van der Waals surface area (Å²) >= 11 is 0. The summed E-state index contributed by atoms with van der Waals surface area (Å²) < 4.78 is 10.7. The molecule has 0 aromatic rings. The van der Waals surface area contributed by atoms with Crippen molar-refractivity contribution in [1.82, 2.24) is 0 Å². The van der Waals surface area contributed by atoms with E-state index in [9.17, 15) is 19.5 Å². The zero-order valence-electron chi connectivity index (χ0n) is 19.4. The molecule has 6 nitrogen and oxygen atoms in total. The molecule has 0 aromatic heterocycles. The lowest BCUT2D eigenvalue weighted by atomic mass is 9.48. The molecular formula is C26H34O6. The fraction of sp³-hybridized carbons (Fsp3) is 0.731. The van der Waals surface area contributed by atoms with E-state index >= 15 is 0 Å². The van der Waals surface area contributed by atoms with Crippen molar-refractivity contribution in [3.63, 3.8) is 0 Å². The molecule has 0 spiro atoms. The van der Waals surface area contributed by atoms with Gasteiger partial charge in [-0.25, -0.2) is 0 Å². The van der Waals surface area contributed by atoms with E-state index in [0.717, 1.165) is 31.3 Å². The number of allylic oxidation sites excluding steroid dienone is 4. The van der Waals surface area contributed by atoms with Crippen LogP contribution in [0.3, 0.4) is 0 Å². The highest BCUT2D eigenvalue weighted by Crippen LogP contribution is 2.76. The van der Waals surface area contributed by atoms with Gasteiger partial charge in [-0.3, -0.25) is 14.4 Å². The maximum absolute atomic E-state index is 13.3. The molecule has 0 radical (unpaired) electrons. The van der Waals surface area contributed by atoms with Crippen LogP contribution in [-0.2, 0) is 23.9 Å². The number of esters is 2. The largest absolute Gasteiger partial charge is 0.465 e. The highest BCUT2D eigenvalue weighted by Gasteiger charge is 2.85. The molecule has 0 aromatic carbocycles. The van der Waals surface area contributed by atoms with E-state index in [1.807, 2.05) is 6.08 Å². The number of aliphatic hydroxyl groups is 1. The SMILES string of the molecule is CCOC(=O)C1(C(=O)OCC)[C@H]2[C@@H]1C(=O)C=C1C=C[C@H]3[C@@H]4CC[C@H](O)[C@@]4(C)CC[C@@H]3[C@]12C. The Morgan fingerprint density at radius 3 is 2.34 bits per heavy atom. The van der Waals surface area contributed by atoms with E-state index in [0.29, 0.717) is 5.92 Å². The first-order valence-corrected chi connectivity index (χ1v) is 12.2. The lowest BCUT2D eigenvalue weighted by Gasteiger charge is -2.55. The number of hydrogen-bond acceptors (Lipinski definition) is 6. The summed E-state index contributed by atoms with van der Waals surface area (Å²) in [5.74, 6) is -1.78. The summed E-state index contributed by atoms with van der Waals surface area (Å²) in [4.78, 5) is 39.7. The zero-order chi connectivity index (χ0) is 23.1. The normalized spacial score (nSPS) is 45.0. The minimum absolute atomic E-state index is 0.101. The van der Waals surface area contributed by atoms with Gasteiger partial charge in [-0.2, -0.15) is 0 Å². The minimum Gasteiger partial charge on any atom is -0.465 e. The number of ketones is 1. The summed E-state index contributed by atoms with van der Waals surface area (Å²) in [5.41, 5.74) is -1.23. The maximum atomic E-state index is 13.3. The summed E-state index contributed by atoms with van der Waals surface area (Å²) in [5, 5.41) is 10.7. The van der Waals surface area contributed by atoms with Crippen LogP contribution in [-0.4, -0.2) is 42.1 Å². The quantitative estimate of drug-likeness (QED) is 0.531.